The maximum absolute atomic E-state index is 12.4. The van der Waals surface area contributed by atoms with E-state index in [-0.39, 0.29) is 5.91 Å². The summed E-state index contributed by atoms with van der Waals surface area (Å²) in [7, 11) is 1.64. The molecule has 0 radical (unpaired) electrons. The van der Waals surface area contributed by atoms with Crippen LogP contribution in [-0.2, 0) is 12.8 Å². The van der Waals surface area contributed by atoms with Crippen LogP contribution in [0.5, 0.6) is 5.75 Å². The van der Waals surface area contributed by atoms with Gasteiger partial charge in [-0.2, -0.15) is 0 Å². The van der Waals surface area contributed by atoms with Crippen molar-refractivity contribution in [3.63, 3.8) is 0 Å². The second-order valence-electron chi connectivity index (χ2n) is 6.66. The molecule has 0 aliphatic carbocycles. The van der Waals surface area contributed by atoms with E-state index >= 15 is 0 Å². The van der Waals surface area contributed by atoms with Gasteiger partial charge in [-0.15, -0.1) is 0 Å². The Morgan fingerprint density at radius 1 is 0.931 bits per heavy atom. The number of carbonyl (C=O) groups is 1. The van der Waals surface area contributed by atoms with Crippen LogP contribution < -0.4 is 15.4 Å². The quantitative estimate of drug-likeness (QED) is 0.518. The van der Waals surface area contributed by atoms with Crippen molar-refractivity contribution in [3.8, 4) is 5.75 Å². The minimum Gasteiger partial charge on any atom is -0.497 e. The highest BCUT2D eigenvalue weighted by Crippen LogP contribution is 2.11. The normalized spacial score (nSPS) is 10.4. The molecule has 3 rings (SSSR count). The predicted octanol–water partition coefficient (Wildman–Crippen LogP) is 3.50. The lowest BCUT2D eigenvalue weighted by Gasteiger charge is -2.08. The van der Waals surface area contributed by atoms with Gasteiger partial charge < -0.3 is 15.4 Å². The highest BCUT2D eigenvalue weighted by atomic mass is 16.5. The standard InChI is InChI=1S/C23H26N4O2/c1-29-20-11-9-19(10-12-20)13-15-25-23(28)21-16-22(27-17-26-21)24-14-5-8-18-6-3-2-4-7-18/h2-4,6-7,9-12,16-17H,5,8,13-15H2,1H3,(H,25,28)(H,24,26,27). The number of benzene rings is 2. The molecule has 1 heterocycles. The molecule has 0 saturated carbocycles. The number of hydrogen-bond acceptors (Lipinski definition) is 5. The van der Waals surface area contributed by atoms with Crippen LogP contribution in [0.4, 0.5) is 5.82 Å². The van der Waals surface area contributed by atoms with Crippen LogP contribution in [0.1, 0.15) is 28.0 Å². The lowest BCUT2D eigenvalue weighted by Crippen LogP contribution is -2.26. The number of methoxy groups -OCH3 is 1. The molecule has 29 heavy (non-hydrogen) atoms. The molecule has 0 aliphatic rings. The topological polar surface area (TPSA) is 76.1 Å². The monoisotopic (exact) mass is 390 g/mol. The Morgan fingerprint density at radius 2 is 1.69 bits per heavy atom. The number of carbonyl (C=O) groups excluding carboxylic acids is 1. The van der Waals surface area contributed by atoms with Gasteiger partial charge in [-0.3, -0.25) is 4.79 Å². The zero-order valence-corrected chi connectivity index (χ0v) is 16.6. The van der Waals surface area contributed by atoms with E-state index in [1.807, 2.05) is 42.5 Å². The Labute approximate surface area is 171 Å². The summed E-state index contributed by atoms with van der Waals surface area (Å²) in [5.74, 6) is 1.28. The van der Waals surface area contributed by atoms with Gasteiger partial charge in [-0.1, -0.05) is 42.5 Å². The summed E-state index contributed by atoms with van der Waals surface area (Å²) in [5.41, 5.74) is 2.81. The molecule has 6 nitrogen and oxygen atoms in total. The molecule has 2 aromatic carbocycles. The number of rotatable bonds is 10. The van der Waals surface area contributed by atoms with E-state index in [0.717, 1.165) is 37.1 Å². The maximum Gasteiger partial charge on any atom is 0.270 e. The van der Waals surface area contributed by atoms with E-state index < -0.39 is 0 Å². The van der Waals surface area contributed by atoms with Crippen LogP contribution in [0, 0.1) is 0 Å². The van der Waals surface area contributed by atoms with Crippen molar-refractivity contribution in [2.45, 2.75) is 19.3 Å². The molecular weight excluding hydrogens is 364 g/mol. The Kier molecular flexibility index (Phi) is 7.57. The van der Waals surface area contributed by atoms with Crippen LogP contribution in [0.2, 0.25) is 0 Å². The molecule has 3 aromatic rings. The van der Waals surface area contributed by atoms with Crippen LogP contribution >= 0.6 is 0 Å². The van der Waals surface area contributed by atoms with Crippen LogP contribution in [-0.4, -0.2) is 36.1 Å². The Balaban J connectivity index is 1.42. The van der Waals surface area contributed by atoms with Crippen molar-refractivity contribution in [1.82, 2.24) is 15.3 Å². The molecule has 1 amide bonds. The molecule has 0 atom stereocenters. The summed E-state index contributed by atoms with van der Waals surface area (Å²) in [6, 6.07) is 19.9. The fourth-order valence-corrected chi connectivity index (χ4v) is 2.93. The maximum atomic E-state index is 12.4. The van der Waals surface area contributed by atoms with Crippen LogP contribution in [0.15, 0.2) is 67.0 Å². The number of aryl methyl sites for hydroxylation is 1. The van der Waals surface area contributed by atoms with Crippen LogP contribution in [0.25, 0.3) is 0 Å². The van der Waals surface area contributed by atoms with Gasteiger partial charge >= 0.3 is 0 Å². The van der Waals surface area contributed by atoms with E-state index in [4.69, 9.17) is 4.74 Å². The molecule has 0 bridgehead atoms. The molecule has 2 N–H and O–H groups in total. The first-order valence-corrected chi connectivity index (χ1v) is 9.75. The Bertz CT molecular complexity index is 898. The first-order chi connectivity index (χ1) is 14.2. The lowest BCUT2D eigenvalue weighted by atomic mass is 10.1. The number of hydrogen-bond donors (Lipinski definition) is 2. The zero-order valence-electron chi connectivity index (χ0n) is 16.6. The van der Waals surface area contributed by atoms with Gasteiger partial charge in [-0.05, 0) is 42.5 Å². The molecule has 1 aromatic heterocycles. The summed E-state index contributed by atoms with van der Waals surface area (Å²) >= 11 is 0. The Hall–Kier alpha value is -3.41. The summed E-state index contributed by atoms with van der Waals surface area (Å²) < 4.78 is 5.15. The second-order valence-corrected chi connectivity index (χ2v) is 6.66. The number of nitrogens with zero attached hydrogens (tertiary/aromatic N) is 2. The third-order valence-corrected chi connectivity index (χ3v) is 4.55. The number of nitrogens with one attached hydrogen (secondary N) is 2. The smallest absolute Gasteiger partial charge is 0.270 e. The molecule has 0 saturated heterocycles. The SMILES string of the molecule is COc1ccc(CCNC(=O)c2cc(NCCCc3ccccc3)ncn2)cc1. The third-order valence-electron chi connectivity index (χ3n) is 4.55. The molecule has 0 spiro atoms. The summed E-state index contributed by atoms with van der Waals surface area (Å²) in [6.07, 6.45) is 4.14. The molecule has 0 fully saturated rings. The first-order valence-electron chi connectivity index (χ1n) is 9.75. The van der Waals surface area contributed by atoms with Gasteiger partial charge in [0.15, 0.2) is 0 Å². The summed E-state index contributed by atoms with van der Waals surface area (Å²) in [4.78, 5) is 20.6. The summed E-state index contributed by atoms with van der Waals surface area (Å²) in [6.45, 7) is 1.32. The van der Waals surface area contributed by atoms with Gasteiger partial charge in [0.2, 0.25) is 0 Å². The second kappa shape index (κ2) is 10.8. The van der Waals surface area contributed by atoms with Gasteiger partial charge in [0.25, 0.3) is 5.91 Å². The third kappa shape index (κ3) is 6.60. The fourth-order valence-electron chi connectivity index (χ4n) is 2.93. The van der Waals surface area contributed by atoms with Crippen molar-refractivity contribution < 1.29 is 9.53 Å². The first kappa shape index (κ1) is 20.3. The van der Waals surface area contributed by atoms with Crippen molar-refractivity contribution in [2.24, 2.45) is 0 Å². The average Bonchev–Trinajstić information content (AvgIpc) is 2.78. The number of aromatic nitrogens is 2. The predicted molar refractivity (Wildman–Crippen MR) is 114 cm³/mol. The minimum atomic E-state index is -0.201. The van der Waals surface area contributed by atoms with Gasteiger partial charge in [0.05, 0.1) is 7.11 Å². The van der Waals surface area contributed by atoms with E-state index in [0.29, 0.717) is 18.1 Å². The van der Waals surface area contributed by atoms with Gasteiger partial charge in [0.1, 0.15) is 23.6 Å². The van der Waals surface area contributed by atoms with Crippen LogP contribution in [0.3, 0.4) is 0 Å². The molecule has 0 unspecified atom stereocenters. The molecule has 0 aliphatic heterocycles. The highest BCUT2D eigenvalue weighted by molar-refractivity contribution is 5.92. The van der Waals surface area contributed by atoms with Crippen molar-refractivity contribution in [1.29, 1.82) is 0 Å². The molecular formula is C23H26N4O2. The molecule has 150 valence electrons. The van der Waals surface area contributed by atoms with E-state index in [2.05, 4.69) is 32.7 Å². The average molecular weight is 390 g/mol. The molecule has 6 heteroatoms. The van der Waals surface area contributed by atoms with E-state index in [9.17, 15) is 4.79 Å². The van der Waals surface area contributed by atoms with E-state index in [1.54, 1.807) is 13.2 Å². The van der Waals surface area contributed by atoms with Gasteiger partial charge in [-0.25, -0.2) is 9.97 Å². The van der Waals surface area contributed by atoms with E-state index in [1.165, 1.54) is 11.9 Å². The largest absolute Gasteiger partial charge is 0.497 e. The summed E-state index contributed by atoms with van der Waals surface area (Å²) in [5, 5.41) is 6.16. The van der Waals surface area contributed by atoms with Gasteiger partial charge in [0, 0.05) is 19.2 Å². The number of ether oxygens (including phenoxy) is 1. The number of amides is 1. The van der Waals surface area contributed by atoms with Crippen molar-refractivity contribution in [2.75, 3.05) is 25.5 Å². The fraction of sp³-hybridized carbons (Fsp3) is 0.261. The number of anilines is 1. The van der Waals surface area contributed by atoms with Crippen molar-refractivity contribution in [3.05, 3.63) is 83.8 Å². The van der Waals surface area contributed by atoms with Crippen molar-refractivity contribution >= 4 is 11.7 Å². The highest BCUT2D eigenvalue weighted by Gasteiger charge is 2.08. The Morgan fingerprint density at radius 3 is 2.45 bits per heavy atom. The zero-order chi connectivity index (χ0) is 20.3. The lowest BCUT2D eigenvalue weighted by molar-refractivity contribution is 0.0949. The minimum absolute atomic E-state index is 0.201.